The number of aromatic nitrogens is 6. The van der Waals surface area contributed by atoms with Gasteiger partial charge in [-0.3, -0.25) is 9.48 Å². The summed E-state index contributed by atoms with van der Waals surface area (Å²) in [7, 11) is 5.03. The number of aryl methyl sites for hydroxylation is 1. The van der Waals surface area contributed by atoms with E-state index in [-0.39, 0.29) is 18.2 Å². The summed E-state index contributed by atoms with van der Waals surface area (Å²) in [4.78, 5) is 25.7. The fraction of sp³-hybridized carbons (Fsp3) is 0.450. The van der Waals surface area contributed by atoms with Gasteiger partial charge < -0.3 is 25.4 Å². The first kappa shape index (κ1) is 20.8. The topological polar surface area (TPSA) is 143 Å². The molecule has 11 heteroatoms. The molecule has 3 heterocycles. The molecule has 1 fully saturated rings. The summed E-state index contributed by atoms with van der Waals surface area (Å²) < 4.78 is 3.33. The lowest BCUT2D eigenvalue weighted by molar-refractivity contribution is -0.136. The number of imidazole rings is 1. The van der Waals surface area contributed by atoms with Crippen molar-refractivity contribution in [1.82, 2.24) is 34.6 Å². The predicted molar refractivity (Wildman–Crippen MR) is 112 cm³/mol. The molecule has 0 aliphatic heterocycles. The molecule has 162 valence electrons. The number of nitrogens with one attached hydrogen (secondary N) is 2. The summed E-state index contributed by atoms with van der Waals surface area (Å²) >= 11 is 0. The number of nitrogens with zero attached hydrogens (tertiary/aromatic N) is 6. The Labute approximate surface area is 178 Å². The van der Waals surface area contributed by atoms with Gasteiger partial charge in [-0.1, -0.05) is 5.92 Å². The van der Waals surface area contributed by atoms with Gasteiger partial charge in [-0.05, 0) is 19.3 Å². The van der Waals surface area contributed by atoms with Crippen LogP contribution in [0.15, 0.2) is 18.7 Å². The number of anilines is 1. The monoisotopic (exact) mass is 424 g/mol. The van der Waals surface area contributed by atoms with Crippen LogP contribution in [0.5, 0.6) is 0 Å². The third-order valence-electron chi connectivity index (χ3n) is 5.79. The summed E-state index contributed by atoms with van der Waals surface area (Å²) in [5.41, 5.74) is 0.537. The molecule has 3 aromatic heterocycles. The normalized spacial score (nSPS) is 25.3. The number of aliphatic hydroxyl groups excluding tert-OH is 2. The molecule has 1 aliphatic rings. The maximum Gasteiger partial charge on any atom is 0.228 e. The molecule has 0 spiro atoms. The molecule has 1 saturated carbocycles. The Morgan fingerprint density at radius 3 is 2.71 bits per heavy atom. The SMILES string of the molecule is CNC(=O)C1(C)C[C@@H](n2cnc3c(NC)nc(C#Cc4cnn(C)c4)nc32)[C@H](O)[C@@H]1O. The number of carbonyl (C=O) groups excluding carboxylic acids is 1. The summed E-state index contributed by atoms with van der Waals surface area (Å²) in [6.07, 6.45) is 2.78. The van der Waals surface area contributed by atoms with Crippen LogP contribution in [0.4, 0.5) is 5.82 Å². The third-order valence-corrected chi connectivity index (χ3v) is 5.79. The number of fused-ring (bicyclic) bond motifs is 1. The minimum atomic E-state index is -1.23. The minimum Gasteiger partial charge on any atom is -0.389 e. The zero-order valence-electron chi connectivity index (χ0n) is 17.7. The van der Waals surface area contributed by atoms with Crippen molar-refractivity contribution in [2.24, 2.45) is 12.5 Å². The van der Waals surface area contributed by atoms with E-state index in [1.807, 2.05) is 0 Å². The Morgan fingerprint density at radius 2 is 2.06 bits per heavy atom. The van der Waals surface area contributed by atoms with Crippen molar-refractivity contribution < 1.29 is 15.0 Å². The first-order valence-corrected chi connectivity index (χ1v) is 9.79. The van der Waals surface area contributed by atoms with Gasteiger partial charge in [-0.25, -0.2) is 15.0 Å². The van der Waals surface area contributed by atoms with Crippen LogP contribution in [-0.4, -0.2) is 71.7 Å². The van der Waals surface area contributed by atoms with Crippen molar-refractivity contribution in [3.05, 3.63) is 30.1 Å². The van der Waals surface area contributed by atoms with Crippen LogP contribution < -0.4 is 10.6 Å². The largest absolute Gasteiger partial charge is 0.389 e. The molecular formula is C20H24N8O3. The molecule has 11 nitrogen and oxygen atoms in total. The lowest BCUT2D eigenvalue weighted by atomic mass is 9.85. The number of hydrogen-bond acceptors (Lipinski definition) is 8. The summed E-state index contributed by atoms with van der Waals surface area (Å²) in [5.74, 6) is 6.32. The minimum absolute atomic E-state index is 0.218. The van der Waals surface area contributed by atoms with Crippen LogP contribution in [0.3, 0.4) is 0 Å². The summed E-state index contributed by atoms with van der Waals surface area (Å²) in [6.45, 7) is 1.64. The highest BCUT2D eigenvalue weighted by molar-refractivity contribution is 5.85. The van der Waals surface area contributed by atoms with E-state index in [1.165, 1.54) is 13.4 Å². The van der Waals surface area contributed by atoms with Crippen molar-refractivity contribution in [1.29, 1.82) is 0 Å². The molecule has 4 atom stereocenters. The van der Waals surface area contributed by atoms with Crippen molar-refractivity contribution in [2.75, 3.05) is 19.4 Å². The number of amides is 1. The molecule has 0 radical (unpaired) electrons. The predicted octanol–water partition coefficient (Wildman–Crippen LogP) is -0.580. The average molecular weight is 424 g/mol. The lowest BCUT2D eigenvalue weighted by Gasteiger charge is -2.26. The Bertz CT molecular complexity index is 1210. The summed E-state index contributed by atoms with van der Waals surface area (Å²) in [5, 5.41) is 31.0. The molecule has 0 aromatic carbocycles. The molecule has 1 unspecified atom stereocenters. The maximum absolute atomic E-state index is 12.4. The van der Waals surface area contributed by atoms with Crippen LogP contribution in [0, 0.1) is 17.3 Å². The zero-order valence-corrected chi connectivity index (χ0v) is 17.7. The highest BCUT2D eigenvalue weighted by Gasteiger charge is 2.54. The Kier molecular flexibility index (Phi) is 5.12. The van der Waals surface area contributed by atoms with E-state index < -0.39 is 23.7 Å². The molecule has 0 saturated heterocycles. The first-order chi connectivity index (χ1) is 14.8. The zero-order chi connectivity index (χ0) is 22.3. The van der Waals surface area contributed by atoms with Gasteiger partial charge in [0, 0.05) is 27.3 Å². The number of hydrogen-bond donors (Lipinski definition) is 4. The second-order valence-corrected chi connectivity index (χ2v) is 7.83. The smallest absolute Gasteiger partial charge is 0.228 e. The van der Waals surface area contributed by atoms with Crippen LogP contribution in [0.1, 0.15) is 30.8 Å². The van der Waals surface area contributed by atoms with Gasteiger partial charge in [0.25, 0.3) is 0 Å². The third kappa shape index (κ3) is 3.39. The highest BCUT2D eigenvalue weighted by atomic mass is 16.3. The van der Waals surface area contributed by atoms with Gasteiger partial charge in [0.15, 0.2) is 17.0 Å². The Morgan fingerprint density at radius 1 is 1.29 bits per heavy atom. The second-order valence-electron chi connectivity index (χ2n) is 7.83. The van der Waals surface area contributed by atoms with E-state index in [1.54, 1.807) is 42.7 Å². The molecule has 4 N–H and O–H groups in total. The molecule has 3 aromatic rings. The number of rotatable bonds is 3. The van der Waals surface area contributed by atoms with Crippen LogP contribution in [-0.2, 0) is 11.8 Å². The van der Waals surface area contributed by atoms with E-state index in [0.29, 0.717) is 17.0 Å². The van der Waals surface area contributed by atoms with Gasteiger partial charge >= 0.3 is 0 Å². The van der Waals surface area contributed by atoms with Crippen molar-refractivity contribution in [3.63, 3.8) is 0 Å². The highest BCUT2D eigenvalue weighted by Crippen LogP contribution is 2.45. The van der Waals surface area contributed by atoms with Crippen LogP contribution in [0.25, 0.3) is 11.2 Å². The van der Waals surface area contributed by atoms with E-state index >= 15 is 0 Å². The van der Waals surface area contributed by atoms with Gasteiger partial charge in [-0.2, -0.15) is 5.10 Å². The van der Waals surface area contributed by atoms with Gasteiger partial charge in [0.1, 0.15) is 6.10 Å². The average Bonchev–Trinajstić information content (AvgIpc) is 3.44. The molecule has 31 heavy (non-hydrogen) atoms. The quantitative estimate of drug-likeness (QED) is 0.409. The molecule has 0 bridgehead atoms. The Balaban J connectivity index is 1.78. The van der Waals surface area contributed by atoms with Crippen molar-refractivity contribution in [3.8, 4) is 11.8 Å². The summed E-state index contributed by atoms with van der Waals surface area (Å²) in [6, 6.07) is -0.596. The standard InChI is InChI=1S/C20H24N8O3/c1-20(19(31)22-3)7-12(15(29)16(20)30)28-10-23-14-17(21-2)25-13(26-18(14)28)6-5-11-8-24-27(4)9-11/h8-10,12,15-16,29-30H,7H2,1-4H3,(H,22,31)(H,21,25,26)/t12-,15+,16+,20?/m1/s1. The van der Waals surface area contributed by atoms with E-state index in [0.717, 1.165) is 5.56 Å². The number of aliphatic hydroxyl groups is 2. The van der Waals surface area contributed by atoms with Gasteiger partial charge in [0.2, 0.25) is 11.7 Å². The van der Waals surface area contributed by atoms with Crippen LogP contribution >= 0.6 is 0 Å². The van der Waals surface area contributed by atoms with E-state index in [4.69, 9.17) is 0 Å². The molecular weight excluding hydrogens is 400 g/mol. The lowest BCUT2D eigenvalue weighted by Crippen LogP contribution is -2.45. The van der Waals surface area contributed by atoms with Crippen molar-refractivity contribution >= 4 is 22.9 Å². The molecule has 4 rings (SSSR count). The maximum atomic E-state index is 12.4. The van der Waals surface area contributed by atoms with E-state index in [2.05, 4.69) is 42.5 Å². The van der Waals surface area contributed by atoms with Crippen LogP contribution in [0.2, 0.25) is 0 Å². The number of carbonyl (C=O) groups is 1. The second kappa shape index (κ2) is 7.64. The van der Waals surface area contributed by atoms with Crippen molar-refractivity contribution in [2.45, 2.75) is 31.6 Å². The fourth-order valence-electron chi connectivity index (χ4n) is 4.04. The first-order valence-electron chi connectivity index (χ1n) is 9.79. The van der Waals surface area contributed by atoms with Gasteiger partial charge in [0.05, 0.1) is 35.6 Å². The van der Waals surface area contributed by atoms with E-state index in [9.17, 15) is 15.0 Å². The molecule has 1 amide bonds. The Hall–Kier alpha value is -3.49. The fourth-order valence-corrected chi connectivity index (χ4v) is 4.04. The molecule has 1 aliphatic carbocycles. The van der Waals surface area contributed by atoms with Gasteiger partial charge in [-0.15, -0.1) is 0 Å².